The van der Waals surface area contributed by atoms with E-state index in [0.717, 1.165) is 24.6 Å². The van der Waals surface area contributed by atoms with Crippen molar-refractivity contribution in [2.45, 2.75) is 39.0 Å². The fraction of sp³-hybridized carbons (Fsp3) is 0.611. The summed E-state index contributed by atoms with van der Waals surface area (Å²) >= 11 is 0. The van der Waals surface area contributed by atoms with E-state index in [2.05, 4.69) is 27.4 Å². The Hall–Kier alpha value is -1.66. The molecule has 2 rings (SSSR count). The normalized spacial score (nSPS) is 18.8. The van der Waals surface area contributed by atoms with Crippen LogP contribution in [0.25, 0.3) is 0 Å². The summed E-state index contributed by atoms with van der Waals surface area (Å²) in [6.45, 7) is 6.26. The van der Waals surface area contributed by atoms with Crippen molar-refractivity contribution in [1.82, 2.24) is 15.5 Å². The molecule has 1 saturated heterocycles. The molecule has 1 aromatic rings. The predicted octanol–water partition coefficient (Wildman–Crippen LogP) is 2.12. The Morgan fingerprint density at radius 1 is 1.42 bits per heavy atom. The first-order valence-electron chi connectivity index (χ1n) is 8.62. The van der Waals surface area contributed by atoms with Crippen LogP contribution in [0.1, 0.15) is 30.9 Å². The monoisotopic (exact) mass is 336 g/mol. The highest BCUT2D eigenvalue weighted by molar-refractivity contribution is 5.79. The van der Waals surface area contributed by atoms with Crippen LogP contribution >= 0.6 is 0 Å². The number of hydrogen-bond donors (Lipinski definition) is 2. The average Bonchev–Trinajstić information content (AvgIpc) is 3.05. The number of guanidine groups is 1. The van der Waals surface area contributed by atoms with Gasteiger partial charge in [-0.2, -0.15) is 0 Å². The summed E-state index contributed by atoms with van der Waals surface area (Å²) in [5.74, 6) is 0.541. The number of likely N-dealkylation sites (N-methyl/N-ethyl adjacent to an activating group) is 1. The molecule has 1 unspecified atom stereocenters. The Morgan fingerprint density at radius 2 is 2.25 bits per heavy atom. The van der Waals surface area contributed by atoms with Crippen LogP contribution in [0, 0.1) is 5.82 Å². The van der Waals surface area contributed by atoms with Gasteiger partial charge in [-0.3, -0.25) is 9.89 Å². The number of benzene rings is 1. The number of nitrogens with zero attached hydrogens (tertiary/aromatic N) is 2. The molecule has 0 aliphatic carbocycles. The summed E-state index contributed by atoms with van der Waals surface area (Å²) in [7, 11) is 3.33. The van der Waals surface area contributed by atoms with Crippen molar-refractivity contribution in [3.05, 3.63) is 35.1 Å². The highest BCUT2D eigenvalue weighted by Gasteiger charge is 2.22. The molecular weight excluding hydrogens is 307 g/mol. The summed E-state index contributed by atoms with van der Waals surface area (Å²) in [5.41, 5.74) is 1.58. The van der Waals surface area contributed by atoms with E-state index in [0.29, 0.717) is 18.2 Å². The number of rotatable bonds is 7. The quantitative estimate of drug-likeness (QED) is 0.591. The SMILES string of the molecule is CCN1CCCC1CNC(=NC)NCc1ccc(F)c(COC)c1. The Morgan fingerprint density at radius 3 is 2.96 bits per heavy atom. The van der Waals surface area contributed by atoms with Gasteiger partial charge in [0.05, 0.1) is 6.61 Å². The molecule has 1 heterocycles. The molecular formula is C18H29FN4O. The Balaban J connectivity index is 1.84. The van der Waals surface area contributed by atoms with Crippen molar-refractivity contribution >= 4 is 5.96 Å². The number of hydrogen-bond acceptors (Lipinski definition) is 3. The van der Waals surface area contributed by atoms with Crippen LogP contribution in [0.5, 0.6) is 0 Å². The second-order valence-electron chi connectivity index (χ2n) is 6.09. The van der Waals surface area contributed by atoms with Crippen LogP contribution in [0.4, 0.5) is 4.39 Å². The predicted molar refractivity (Wildman–Crippen MR) is 95.6 cm³/mol. The minimum Gasteiger partial charge on any atom is -0.380 e. The molecule has 24 heavy (non-hydrogen) atoms. The smallest absolute Gasteiger partial charge is 0.191 e. The molecule has 0 aromatic heterocycles. The summed E-state index contributed by atoms with van der Waals surface area (Å²) in [6, 6.07) is 5.67. The molecule has 5 nitrogen and oxygen atoms in total. The summed E-state index contributed by atoms with van der Waals surface area (Å²) < 4.78 is 18.7. The number of halogens is 1. The standard InChI is InChI=1S/C18H29FN4O/c1-4-23-9-5-6-16(23)12-22-18(20-2)21-11-14-7-8-17(19)15(10-14)13-24-3/h7-8,10,16H,4-6,9,11-13H2,1-3H3,(H2,20,21,22). The minimum absolute atomic E-state index is 0.232. The van der Waals surface area contributed by atoms with E-state index in [1.165, 1.54) is 25.5 Å². The van der Waals surface area contributed by atoms with E-state index < -0.39 is 0 Å². The third kappa shape index (κ3) is 5.18. The van der Waals surface area contributed by atoms with Crippen LogP contribution in [0.15, 0.2) is 23.2 Å². The van der Waals surface area contributed by atoms with Gasteiger partial charge in [-0.25, -0.2) is 4.39 Å². The molecule has 0 amide bonds. The van der Waals surface area contributed by atoms with Gasteiger partial charge in [-0.15, -0.1) is 0 Å². The third-order valence-corrected chi connectivity index (χ3v) is 4.50. The highest BCUT2D eigenvalue weighted by Crippen LogP contribution is 2.15. The lowest BCUT2D eigenvalue weighted by atomic mass is 10.1. The molecule has 0 radical (unpaired) electrons. The van der Waals surface area contributed by atoms with Gasteiger partial charge in [0.1, 0.15) is 5.82 Å². The highest BCUT2D eigenvalue weighted by atomic mass is 19.1. The topological polar surface area (TPSA) is 48.9 Å². The van der Waals surface area contributed by atoms with Crippen LogP contribution in [-0.4, -0.2) is 50.7 Å². The van der Waals surface area contributed by atoms with Crippen molar-refractivity contribution in [2.75, 3.05) is 33.8 Å². The summed E-state index contributed by atoms with van der Waals surface area (Å²) in [6.07, 6.45) is 2.50. The van der Waals surface area contributed by atoms with Gasteiger partial charge in [0.15, 0.2) is 5.96 Å². The number of aliphatic imine (C=N–C) groups is 1. The fourth-order valence-corrected chi connectivity index (χ4v) is 3.17. The van der Waals surface area contributed by atoms with Crippen molar-refractivity contribution in [2.24, 2.45) is 4.99 Å². The fourth-order valence-electron chi connectivity index (χ4n) is 3.17. The van der Waals surface area contributed by atoms with Gasteiger partial charge in [0, 0.05) is 38.9 Å². The van der Waals surface area contributed by atoms with Crippen molar-refractivity contribution in [3.63, 3.8) is 0 Å². The van der Waals surface area contributed by atoms with Crippen LogP contribution in [0.2, 0.25) is 0 Å². The van der Waals surface area contributed by atoms with Crippen molar-refractivity contribution in [1.29, 1.82) is 0 Å². The zero-order valence-electron chi connectivity index (χ0n) is 14.9. The molecule has 0 saturated carbocycles. The minimum atomic E-state index is -0.232. The molecule has 2 N–H and O–H groups in total. The Bertz CT molecular complexity index is 550. The molecule has 1 atom stereocenters. The first-order chi connectivity index (χ1) is 11.7. The van der Waals surface area contributed by atoms with Gasteiger partial charge < -0.3 is 15.4 Å². The van der Waals surface area contributed by atoms with Crippen molar-refractivity contribution in [3.8, 4) is 0 Å². The van der Waals surface area contributed by atoms with E-state index in [1.54, 1.807) is 20.2 Å². The number of ether oxygens (including phenoxy) is 1. The van der Waals surface area contributed by atoms with Gasteiger partial charge in [0.25, 0.3) is 0 Å². The van der Waals surface area contributed by atoms with E-state index >= 15 is 0 Å². The van der Waals surface area contributed by atoms with Gasteiger partial charge in [0.2, 0.25) is 0 Å². The van der Waals surface area contributed by atoms with Crippen LogP contribution in [-0.2, 0) is 17.9 Å². The summed E-state index contributed by atoms with van der Waals surface area (Å²) in [5, 5.41) is 6.68. The van der Waals surface area contributed by atoms with E-state index in [4.69, 9.17) is 4.74 Å². The molecule has 1 aliphatic heterocycles. The number of nitrogens with one attached hydrogen (secondary N) is 2. The van der Waals surface area contributed by atoms with Crippen molar-refractivity contribution < 1.29 is 9.13 Å². The van der Waals surface area contributed by atoms with Gasteiger partial charge in [-0.05, 0) is 43.6 Å². The first-order valence-corrected chi connectivity index (χ1v) is 8.62. The summed E-state index contributed by atoms with van der Waals surface area (Å²) in [4.78, 5) is 6.77. The molecule has 1 aromatic carbocycles. The lowest BCUT2D eigenvalue weighted by Gasteiger charge is -2.24. The zero-order valence-corrected chi connectivity index (χ0v) is 14.9. The maximum Gasteiger partial charge on any atom is 0.191 e. The average molecular weight is 336 g/mol. The molecule has 6 heteroatoms. The molecule has 0 bridgehead atoms. The van der Waals surface area contributed by atoms with E-state index in [-0.39, 0.29) is 12.4 Å². The maximum absolute atomic E-state index is 13.6. The molecule has 1 aliphatic rings. The van der Waals surface area contributed by atoms with Gasteiger partial charge >= 0.3 is 0 Å². The Kier molecular flexibility index (Phi) is 7.46. The first kappa shape index (κ1) is 18.7. The zero-order chi connectivity index (χ0) is 17.4. The van der Waals surface area contributed by atoms with Gasteiger partial charge in [-0.1, -0.05) is 13.0 Å². The largest absolute Gasteiger partial charge is 0.380 e. The second kappa shape index (κ2) is 9.59. The molecule has 1 fully saturated rings. The lowest BCUT2D eigenvalue weighted by molar-refractivity contribution is 0.181. The number of likely N-dealkylation sites (tertiary alicyclic amines) is 1. The van der Waals surface area contributed by atoms with Crippen LogP contribution < -0.4 is 10.6 Å². The third-order valence-electron chi connectivity index (χ3n) is 4.50. The Labute approximate surface area is 144 Å². The van der Waals surface area contributed by atoms with E-state index in [9.17, 15) is 4.39 Å². The molecule has 0 spiro atoms. The second-order valence-corrected chi connectivity index (χ2v) is 6.09. The maximum atomic E-state index is 13.6. The van der Waals surface area contributed by atoms with Crippen LogP contribution in [0.3, 0.4) is 0 Å². The number of methoxy groups -OCH3 is 1. The lowest BCUT2D eigenvalue weighted by Crippen LogP contribution is -2.44. The van der Waals surface area contributed by atoms with E-state index in [1.807, 2.05) is 6.07 Å². The molecule has 134 valence electrons.